The first-order chi connectivity index (χ1) is 8.54. The maximum Gasteiger partial charge on any atom is 0.166 e. The summed E-state index contributed by atoms with van der Waals surface area (Å²) in [5.41, 5.74) is 12.5. The average Bonchev–Trinajstić information content (AvgIpc) is 2.29. The second kappa shape index (κ2) is 7.07. The third kappa shape index (κ3) is 4.92. The van der Waals surface area contributed by atoms with Crippen LogP contribution in [-0.4, -0.2) is 17.9 Å². The van der Waals surface area contributed by atoms with Crippen molar-refractivity contribution in [3.05, 3.63) is 0 Å². The highest BCUT2D eigenvalue weighted by Gasteiger charge is 2.36. The molecule has 1 aliphatic rings. The summed E-state index contributed by atoms with van der Waals surface area (Å²) < 4.78 is 0. The lowest BCUT2D eigenvalue weighted by molar-refractivity contribution is 0.159. The first-order valence-corrected chi connectivity index (χ1v) is 7.22. The Hall–Kier alpha value is -0.650. The van der Waals surface area contributed by atoms with Gasteiger partial charge in [0, 0.05) is 0 Å². The van der Waals surface area contributed by atoms with Gasteiger partial charge in [-0.3, -0.25) is 11.5 Å². The molecule has 0 radical (unpaired) electrons. The zero-order chi connectivity index (χ0) is 13.5. The van der Waals surface area contributed by atoms with Crippen molar-refractivity contribution in [3.8, 4) is 0 Å². The molecule has 0 aromatic rings. The normalized spacial score (nSPS) is 31.3. The van der Waals surface area contributed by atoms with Gasteiger partial charge >= 0.3 is 0 Å². The zero-order valence-corrected chi connectivity index (χ0v) is 11.8. The minimum Gasteiger partial charge on any atom is -0.346 e. The van der Waals surface area contributed by atoms with Crippen molar-refractivity contribution >= 4 is 6.34 Å². The van der Waals surface area contributed by atoms with Gasteiger partial charge in [-0.2, -0.15) is 0 Å². The minimum absolute atomic E-state index is 0.613. The topological polar surface area (TPSA) is 88.5 Å². The number of aliphatic imine (C=N–C) groups is 1. The van der Waals surface area contributed by atoms with Gasteiger partial charge < -0.3 is 5.32 Å². The Bertz CT molecular complexity index is 268. The highest BCUT2D eigenvalue weighted by atomic mass is 15.4. The molecule has 0 saturated carbocycles. The molecular weight excluding hydrogens is 226 g/mol. The maximum atomic E-state index is 6.29. The lowest BCUT2D eigenvalue weighted by Crippen LogP contribution is -2.74. The van der Waals surface area contributed by atoms with Crippen LogP contribution in [0.25, 0.3) is 0 Å². The lowest BCUT2D eigenvalue weighted by atomic mass is 10.0. The number of nitrogens with zero attached hydrogens (tertiary/aromatic N) is 1. The van der Waals surface area contributed by atoms with Gasteiger partial charge in [-0.05, 0) is 25.7 Å². The van der Waals surface area contributed by atoms with Crippen LogP contribution in [0.1, 0.15) is 65.2 Å². The van der Waals surface area contributed by atoms with Crippen LogP contribution < -0.4 is 22.1 Å². The Morgan fingerprint density at radius 3 is 2.22 bits per heavy atom. The van der Waals surface area contributed by atoms with E-state index in [1.54, 1.807) is 6.34 Å². The minimum atomic E-state index is -0.707. The predicted octanol–water partition coefficient (Wildman–Crippen LogP) is 1.59. The van der Waals surface area contributed by atoms with Crippen LogP contribution in [-0.2, 0) is 0 Å². The zero-order valence-electron chi connectivity index (χ0n) is 11.8. The maximum absolute atomic E-state index is 6.29. The molecule has 0 saturated heterocycles. The molecule has 5 nitrogen and oxygen atoms in total. The van der Waals surface area contributed by atoms with E-state index in [9.17, 15) is 0 Å². The van der Waals surface area contributed by atoms with Crippen LogP contribution >= 0.6 is 0 Å². The Morgan fingerprint density at radius 1 is 1.00 bits per heavy atom. The van der Waals surface area contributed by atoms with Crippen molar-refractivity contribution in [1.82, 2.24) is 10.6 Å². The number of rotatable bonds is 8. The monoisotopic (exact) mass is 255 g/mol. The molecule has 106 valence electrons. The Labute approximate surface area is 111 Å². The van der Waals surface area contributed by atoms with Gasteiger partial charge in [-0.25, -0.2) is 10.3 Å². The van der Waals surface area contributed by atoms with Crippen molar-refractivity contribution in [1.29, 1.82) is 0 Å². The molecule has 18 heavy (non-hydrogen) atoms. The summed E-state index contributed by atoms with van der Waals surface area (Å²) in [5, 5.41) is 6.37. The first-order valence-electron chi connectivity index (χ1n) is 7.22. The number of hydrogen-bond donors (Lipinski definition) is 4. The van der Waals surface area contributed by atoms with Crippen LogP contribution in [0.15, 0.2) is 4.99 Å². The van der Waals surface area contributed by atoms with E-state index in [2.05, 4.69) is 29.5 Å². The van der Waals surface area contributed by atoms with Crippen molar-refractivity contribution in [3.63, 3.8) is 0 Å². The second-order valence-corrected chi connectivity index (χ2v) is 5.34. The van der Waals surface area contributed by atoms with E-state index in [4.69, 9.17) is 11.5 Å². The van der Waals surface area contributed by atoms with Crippen molar-refractivity contribution < 1.29 is 0 Å². The van der Waals surface area contributed by atoms with Gasteiger partial charge in [0.25, 0.3) is 0 Å². The van der Waals surface area contributed by atoms with Gasteiger partial charge in [0.15, 0.2) is 5.79 Å². The molecule has 1 heterocycles. The number of nitrogens with two attached hydrogens (primary N) is 2. The fraction of sp³-hybridized carbons (Fsp3) is 0.923. The summed E-state index contributed by atoms with van der Waals surface area (Å²) in [4.78, 5) is 4.31. The highest BCUT2D eigenvalue weighted by molar-refractivity contribution is 5.57. The molecule has 1 rings (SSSR count). The summed E-state index contributed by atoms with van der Waals surface area (Å²) >= 11 is 0. The molecule has 0 aromatic carbocycles. The van der Waals surface area contributed by atoms with Crippen molar-refractivity contribution in [2.75, 3.05) is 0 Å². The molecule has 0 aliphatic carbocycles. The Morgan fingerprint density at radius 2 is 1.61 bits per heavy atom. The van der Waals surface area contributed by atoms with Crippen molar-refractivity contribution in [2.45, 2.75) is 76.8 Å². The van der Waals surface area contributed by atoms with E-state index >= 15 is 0 Å². The molecular formula is C13H29N5. The van der Waals surface area contributed by atoms with Gasteiger partial charge in [-0.1, -0.05) is 39.5 Å². The smallest absolute Gasteiger partial charge is 0.166 e. The lowest BCUT2D eigenvalue weighted by Gasteiger charge is -2.42. The fourth-order valence-electron chi connectivity index (χ4n) is 2.28. The fourth-order valence-corrected chi connectivity index (χ4v) is 2.28. The summed E-state index contributed by atoms with van der Waals surface area (Å²) in [6.45, 7) is 4.37. The van der Waals surface area contributed by atoms with Crippen LogP contribution in [0.4, 0.5) is 0 Å². The summed E-state index contributed by atoms with van der Waals surface area (Å²) in [5.74, 6) is -1.32. The number of hydrogen-bond acceptors (Lipinski definition) is 5. The third-order valence-electron chi connectivity index (χ3n) is 3.39. The van der Waals surface area contributed by atoms with Crippen LogP contribution in [0.2, 0.25) is 0 Å². The SMILES string of the molecule is CCCCCC1(N)N=CNC(N)(CCCCC)N1. The molecule has 0 spiro atoms. The quantitative estimate of drug-likeness (QED) is 0.496. The molecule has 0 aromatic heterocycles. The first kappa shape index (κ1) is 15.4. The molecule has 6 N–H and O–H groups in total. The molecule has 0 fully saturated rings. The number of nitrogens with one attached hydrogen (secondary N) is 2. The summed E-state index contributed by atoms with van der Waals surface area (Å²) in [6, 6.07) is 0. The second-order valence-electron chi connectivity index (χ2n) is 5.34. The van der Waals surface area contributed by atoms with Gasteiger partial charge in [0.1, 0.15) is 5.79 Å². The molecule has 2 atom stereocenters. The predicted molar refractivity (Wildman–Crippen MR) is 76.9 cm³/mol. The largest absolute Gasteiger partial charge is 0.346 e. The molecule has 0 bridgehead atoms. The van der Waals surface area contributed by atoms with Crippen LogP contribution in [0.5, 0.6) is 0 Å². The highest BCUT2D eigenvalue weighted by Crippen LogP contribution is 2.18. The molecule has 2 unspecified atom stereocenters. The van der Waals surface area contributed by atoms with E-state index in [1.807, 2.05) is 0 Å². The summed E-state index contributed by atoms with van der Waals surface area (Å²) in [6.07, 6.45) is 10.2. The van der Waals surface area contributed by atoms with E-state index < -0.39 is 11.6 Å². The standard InChI is InChI=1S/C13H29N5/c1-3-5-7-9-12(14)16-11-17-13(15,18-12)10-8-6-4-2/h11,18H,3-10,14-15H2,1-2H3,(H,16,17). The molecule has 1 aliphatic heterocycles. The van der Waals surface area contributed by atoms with Crippen molar-refractivity contribution in [2.24, 2.45) is 16.5 Å². The van der Waals surface area contributed by atoms with E-state index in [-0.39, 0.29) is 0 Å². The van der Waals surface area contributed by atoms with Gasteiger partial charge in [-0.15, -0.1) is 0 Å². The average molecular weight is 255 g/mol. The van der Waals surface area contributed by atoms with Gasteiger partial charge in [0.05, 0.1) is 6.34 Å². The third-order valence-corrected chi connectivity index (χ3v) is 3.39. The molecule has 5 heteroatoms. The van der Waals surface area contributed by atoms with Gasteiger partial charge in [0.2, 0.25) is 0 Å². The Kier molecular flexibility index (Phi) is 6.05. The van der Waals surface area contributed by atoms with Crippen LogP contribution in [0.3, 0.4) is 0 Å². The van der Waals surface area contributed by atoms with E-state index in [0.29, 0.717) is 0 Å². The van der Waals surface area contributed by atoms with Crippen LogP contribution in [0, 0.1) is 0 Å². The summed E-state index contributed by atoms with van der Waals surface area (Å²) in [7, 11) is 0. The van der Waals surface area contributed by atoms with E-state index in [1.165, 1.54) is 25.7 Å². The Balaban J connectivity index is 2.47. The molecule has 0 amide bonds. The number of unbranched alkanes of at least 4 members (excludes halogenated alkanes) is 4. The van der Waals surface area contributed by atoms with E-state index in [0.717, 1.165) is 25.7 Å².